The minimum Gasteiger partial charge on any atom is -0.126 e. The molecule has 0 nitrogen and oxygen atoms in total. The van der Waals surface area contributed by atoms with E-state index in [9.17, 15) is 0 Å². The van der Waals surface area contributed by atoms with Gasteiger partial charge in [0.1, 0.15) is 0 Å². The second-order valence-electron chi connectivity index (χ2n) is 10.1. The highest BCUT2D eigenvalue weighted by Crippen LogP contribution is 2.32. The van der Waals surface area contributed by atoms with Gasteiger partial charge < -0.3 is 0 Å². The Balaban J connectivity index is 1.48. The van der Waals surface area contributed by atoms with Crippen LogP contribution in [0.5, 0.6) is 0 Å². The van der Waals surface area contributed by atoms with Crippen molar-refractivity contribution in [3.8, 4) is 23.7 Å². The summed E-state index contributed by atoms with van der Waals surface area (Å²) in [5.41, 5.74) is 5.11. The second-order valence-corrected chi connectivity index (χ2v) is 12.3. The fourth-order valence-corrected chi connectivity index (χ4v) is 5.44. The van der Waals surface area contributed by atoms with Gasteiger partial charge in [-0.05, 0) is 58.4 Å². The van der Waals surface area contributed by atoms with Gasteiger partial charge >= 0.3 is 0 Å². The van der Waals surface area contributed by atoms with Crippen LogP contribution in [0.1, 0.15) is 73.6 Å². The van der Waals surface area contributed by atoms with Crippen LogP contribution in [-0.4, -0.2) is 0 Å². The largest absolute Gasteiger partial charge is 0.126 e. The topological polar surface area (TPSA) is 0 Å². The van der Waals surface area contributed by atoms with Gasteiger partial charge in [0.15, 0.2) is 0 Å². The second kappa shape index (κ2) is 8.63. The summed E-state index contributed by atoms with van der Waals surface area (Å²) in [4.78, 5) is 2.20. The highest BCUT2D eigenvalue weighted by atomic mass is 32.1. The first-order valence-electron chi connectivity index (χ1n) is 10.9. The number of benzene rings is 2. The Hall–Kier alpha value is -2.78. The molecule has 4 rings (SSSR count). The van der Waals surface area contributed by atoms with Crippen LogP contribution in [0.15, 0.2) is 60.7 Å². The zero-order valence-electron chi connectivity index (χ0n) is 19.6. The summed E-state index contributed by atoms with van der Waals surface area (Å²) in [5.74, 6) is 13.3. The van der Waals surface area contributed by atoms with Crippen molar-refractivity contribution in [2.45, 2.75) is 52.4 Å². The van der Waals surface area contributed by atoms with E-state index in [0.717, 1.165) is 20.9 Å². The first-order valence-corrected chi connectivity index (χ1v) is 12.5. The smallest absolute Gasteiger partial charge is 0.0793 e. The Morgan fingerprint density at radius 2 is 0.844 bits per heavy atom. The van der Waals surface area contributed by atoms with Crippen molar-refractivity contribution in [3.63, 3.8) is 0 Å². The minimum atomic E-state index is 0.167. The summed E-state index contributed by atoms with van der Waals surface area (Å²) < 4.78 is 2.52. The van der Waals surface area contributed by atoms with Crippen molar-refractivity contribution in [3.05, 3.63) is 92.7 Å². The Bertz CT molecular complexity index is 1220. The van der Waals surface area contributed by atoms with Gasteiger partial charge in [-0.2, -0.15) is 0 Å². The van der Waals surface area contributed by atoms with E-state index < -0.39 is 0 Å². The predicted octanol–water partition coefficient (Wildman–Crippen LogP) is 8.36. The molecule has 0 saturated heterocycles. The lowest BCUT2D eigenvalue weighted by Crippen LogP contribution is -2.10. The van der Waals surface area contributed by atoms with Gasteiger partial charge in [-0.25, -0.2) is 0 Å². The highest BCUT2D eigenvalue weighted by Gasteiger charge is 2.13. The van der Waals surface area contributed by atoms with Gasteiger partial charge in [-0.15, -0.1) is 22.7 Å². The van der Waals surface area contributed by atoms with E-state index in [1.165, 1.54) is 20.5 Å². The van der Waals surface area contributed by atoms with Gasteiger partial charge in [0.05, 0.1) is 9.75 Å². The van der Waals surface area contributed by atoms with E-state index in [2.05, 4.69) is 126 Å². The van der Waals surface area contributed by atoms with Gasteiger partial charge in [0.2, 0.25) is 0 Å². The molecule has 0 aliphatic carbocycles. The normalized spacial score (nSPS) is 11.6. The van der Waals surface area contributed by atoms with Crippen molar-refractivity contribution in [2.24, 2.45) is 0 Å². The monoisotopic (exact) mass is 452 g/mol. The third kappa shape index (κ3) is 5.34. The SMILES string of the molecule is CC(C)(C)c1ccc(C#Cc2cc3sc(C#Cc4ccc(C(C)(C)C)cc4)cc3s2)cc1. The maximum atomic E-state index is 3.33. The molecular formula is C30H28S2. The molecule has 2 aromatic carbocycles. The summed E-state index contributed by atoms with van der Waals surface area (Å²) in [6.07, 6.45) is 0. The number of hydrogen-bond acceptors (Lipinski definition) is 2. The first-order chi connectivity index (χ1) is 15.1. The zero-order valence-corrected chi connectivity index (χ0v) is 21.2. The molecule has 2 heteroatoms. The molecule has 0 bridgehead atoms. The van der Waals surface area contributed by atoms with Crippen LogP contribution in [0.3, 0.4) is 0 Å². The first kappa shape index (κ1) is 22.4. The summed E-state index contributed by atoms with van der Waals surface area (Å²) in [7, 11) is 0. The van der Waals surface area contributed by atoms with Crippen molar-refractivity contribution in [1.82, 2.24) is 0 Å². The fourth-order valence-electron chi connectivity index (χ4n) is 3.33. The lowest BCUT2D eigenvalue weighted by molar-refractivity contribution is 0.590. The van der Waals surface area contributed by atoms with E-state index in [1.807, 2.05) is 0 Å². The Morgan fingerprint density at radius 1 is 0.500 bits per heavy atom. The molecule has 0 aliphatic heterocycles. The predicted molar refractivity (Wildman–Crippen MR) is 142 cm³/mol. The third-order valence-corrected chi connectivity index (χ3v) is 7.49. The van der Waals surface area contributed by atoms with E-state index in [-0.39, 0.29) is 10.8 Å². The molecule has 2 heterocycles. The van der Waals surface area contributed by atoms with E-state index in [0.29, 0.717) is 0 Å². The van der Waals surface area contributed by atoms with Crippen molar-refractivity contribution >= 4 is 32.1 Å². The van der Waals surface area contributed by atoms with Crippen LogP contribution in [-0.2, 0) is 10.8 Å². The third-order valence-electron chi connectivity index (χ3n) is 5.37. The van der Waals surface area contributed by atoms with Gasteiger partial charge in [0.25, 0.3) is 0 Å². The molecule has 0 unspecified atom stereocenters. The van der Waals surface area contributed by atoms with Crippen LogP contribution in [0.4, 0.5) is 0 Å². The number of thiophene rings is 2. The summed E-state index contributed by atoms with van der Waals surface area (Å²) in [6.45, 7) is 13.4. The van der Waals surface area contributed by atoms with Crippen LogP contribution in [0, 0.1) is 23.7 Å². The molecule has 0 spiro atoms. The molecule has 0 saturated carbocycles. The zero-order chi connectivity index (χ0) is 22.9. The average Bonchev–Trinajstić information content (AvgIpc) is 3.28. The average molecular weight is 453 g/mol. The van der Waals surface area contributed by atoms with Crippen LogP contribution >= 0.6 is 22.7 Å². The Kier molecular flexibility index (Phi) is 6.05. The number of fused-ring (bicyclic) bond motifs is 1. The Labute approximate surface area is 200 Å². The lowest BCUT2D eigenvalue weighted by Gasteiger charge is -2.18. The van der Waals surface area contributed by atoms with Crippen LogP contribution < -0.4 is 0 Å². The Morgan fingerprint density at radius 3 is 1.16 bits per heavy atom. The van der Waals surface area contributed by atoms with Crippen molar-refractivity contribution in [2.75, 3.05) is 0 Å². The molecule has 0 N–H and O–H groups in total. The van der Waals surface area contributed by atoms with Gasteiger partial charge in [-0.1, -0.05) is 89.5 Å². The molecule has 0 fully saturated rings. The summed E-state index contributed by atoms with van der Waals surface area (Å²) in [5, 5.41) is 0. The summed E-state index contributed by atoms with van der Waals surface area (Å²) in [6, 6.07) is 21.6. The van der Waals surface area contributed by atoms with Crippen LogP contribution in [0.2, 0.25) is 0 Å². The molecule has 0 aliphatic rings. The lowest BCUT2D eigenvalue weighted by atomic mass is 9.87. The number of hydrogen-bond donors (Lipinski definition) is 0. The standard InChI is InChI=1S/C30H28S2/c1-29(2,3)23-13-7-21(8-14-23)11-17-25-19-27-28(31-25)20-26(32-27)18-12-22-9-15-24(16-10-22)30(4,5)6/h7-10,13-16,19-20H,1-6H3. The molecule has 2 aromatic heterocycles. The number of rotatable bonds is 0. The molecule has 0 amide bonds. The van der Waals surface area contributed by atoms with Crippen molar-refractivity contribution in [1.29, 1.82) is 0 Å². The molecule has 4 aromatic rings. The van der Waals surface area contributed by atoms with Gasteiger partial charge in [-0.3, -0.25) is 0 Å². The summed E-state index contributed by atoms with van der Waals surface area (Å²) >= 11 is 3.48. The van der Waals surface area contributed by atoms with E-state index >= 15 is 0 Å². The van der Waals surface area contributed by atoms with E-state index in [1.54, 1.807) is 22.7 Å². The minimum absolute atomic E-state index is 0.167. The van der Waals surface area contributed by atoms with Gasteiger partial charge in [0, 0.05) is 20.5 Å². The molecule has 32 heavy (non-hydrogen) atoms. The van der Waals surface area contributed by atoms with Crippen LogP contribution in [0.25, 0.3) is 9.40 Å². The van der Waals surface area contributed by atoms with Crippen molar-refractivity contribution < 1.29 is 0 Å². The maximum Gasteiger partial charge on any atom is 0.0793 e. The molecule has 0 radical (unpaired) electrons. The molecule has 0 atom stereocenters. The maximum absolute atomic E-state index is 3.33. The fraction of sp³-hybridized carbons (Fsp3) is 0.267. The molecule has 160 valence electrons. The highest BCUT2D eigenvalue weighted by molar-refractivity contribution is 7.28. The quantitative estimate of drug-likeness (QED) is 0.235. The van der Waals surface area contributed by atoms with E-state index in [4.69, 9.17) is 0 Å². The molecular weight excluding hydrogens is 424 g/mol.